The van der Waals surface area contributed by atoms with Gasteiger partial charge in [0.1, 0.15) is 11.3 Å². The molecule has 0 aliphatic carbocycles. The van der Waals surface area contributed by atoms with Crippen LogP contribution in [0.4, 0.5) is 0 Å². The van der Waals surface area contributed by atoms with Crippen molar-refractivity contribution in [3.8, 4) is 0 Å². The number of imidazole rings is 1. The predicted molar refractivity (Wildman–Crippen MR) is 95.2 cm³/mol. The summed E-state index contributed by atoms with van der Waals surface area (Å²) in [6.45, 7) is 5.32. The molecule has 0 spiro atoms. The zero-order chi connectivity index (χ0) is 17.8. The summed E-state index contributed by atoms with van der Waals surface area (Å²) in [6.07, 6.45) is 6.20. The van der Waals surface area contributed by atoms with Crippen molar-refractivity contribution in [3.05, 3.63) is 35.8 Å². The highest BCUT2D eigenvalue weighted by molar-refractivity contribution is 5.92. The number of fused-ring (bicyclic) bond motifs is 1. The largest absolute Gasteiger partial charge is 0.369 e. The number of nitrogens with zero attached hydrogens (tertiary/aromatic N) is 3. The van der Waals surface area contributed by atoms with Gasteiger partial charge in [-0.05, 0) is 63.5 Å². The Bertz CT molecular complexity index is 762. The van der Waals surface area contributed by atoms with Crippen LogP contribution in [0.3, 0.4) is 0 Å². The molecule has 1 saturated heterocycles. The van der Waals surface area contributed by atoms with E-state index in [-0.39, 0.29) is 17.7 Å². The molecule has 2 aromatic rings. The minimum Gasteiger partial charge on any atom is -0.369 e. The summed E-state index contributed by atoms with van der Waals surface area (Å²) in [5.41, 5.74) is 7.68. The average molecular weight is 343 g/mol. The topological polar surface area (TPSA) is 92.7 Å². The van der Waals surface area contributed by atoms with Crippen LogP contribution in [0.2, 0.25) is 0 Å². The van der Waals surface area contributed by atoms with E-state index in [0.717, 1.165) is 50.1 Å². The Morgan fingerprint density at radius 3 is 2.84 bits per heavy atom. The fraction of sp³-hybridized carbons (Fsp3) is 0.500. The molecule has 2 amide bonds. The van der Waals surface area contributed by atoms with Gasteiger partial charge < -0.3 is 20.4 Å². The fourth-order valence-electron chi connectivity index (χ4n) is 3.23. The summed E-state index contributed by atoms with van der Waals surface area (Å²) >= 11 is 0. The molecule has 0 unspecified atom stereocenters. The third kappa shape index (κ3) is 4.36. The number of nitrogens with one attached hydrogen (secondary N) is 1. The van der Waals surface area contributed by atoms with Gasteiger partial charge in [-0.3, -0.25) is 9.59 Å². The van der Waals surface area contributed by atoms with Gasteiger partial charge in [-0.1, -0.05) is 0 Å². The second-order valence-electron chi connectivity index (χ2n) is 6.72. The van der Waals surface area contributed by atoms with Crippen LogP contribution in [0, 0.1) is 12.8 Å². The summed E-state index contributed by atoms with van der Waals surface area (Å²) in [5.74, 6) is -0.307. The number of primary amides is 1. The maximum Gasteiger partial charge on any atom is 0.271 e. The Morgan fingerprint density at radius 1 is 1.36 bits per heavy atom. The number of aryl methyl sites for hydroxylation is 1. The van der Waals surface area contributed by atoms with Crippen molar-refractivity contribution < 1.29 is 9.59 Å². The molecule has 0 aromatic carbocycles. The molecule has 0 radical (unpaired) electrons. The zero-order valence-corrected chi connectivity index (χ0v) is 14.6. The summed E-state index contributed by atoms with van der Waals surface area (Å²) in [7, 11) is 0. The summed E-state index contributed by atoms with van der Waals surface area (Å²) in [5, 5.41) is 2.93. The number of pyridine rings is 1. The third-order valence-corrected chi connectivity index (χ3v) is 4.77. The monoisotopic (exact) mass is 343 g/mol. The van der Waals surface area contributed by atoms with Crippen LogP contribution in [0.5, 0.6) is 0 Å². The van der Waals surface area contributed by atoms with E-state index in [1.54, 1.807) is 6.20 Å². The summed E-state index contributed by atoms with van der Waals surface area (Å²) in [4.78, 5) is 30.1. The Labute approximate surface area is 147 Å². The molecule has 3 heterocycles. The maximum absolute atomic E-state index is 12.2. The van der Waals surface area contributed by atoms with Crippen molar-refractivity contribution in [1.29, 1.82) is 0 Å². The lowest BCUT2D eigenvalue weighted by molar-refractivity contribution is -0.123. The number of piperidine rings is 1. The van der Waals surface area contributed by atoms with Crippen LogP contribution in [0.25, 0.3) is 5.65 Å². The molecular formula is C18H25N5O2. The van der Waals surface area contributed by atoms with Gasteiger partial charge in [0.2, 0.25) is 5.91 Å². The fourth-order valence-corrected chi connectivity index (χ4v) is 3.23. The van der Waals surface area contributed by atoms with Crippen molar-refractivity contribution >= 4 is 17.5 Å². The number of amides is 2. The van der Waals surface area contributed by atoms with Gasteiger partial charge in [-0.2, -0.15) is 0 Å². The first-order chi connectivity index (χ1) is 12.0. The predicted octanol–water partition coefficient (Wildman–Crippen LogP) is 0.960. The molecule has 25 heavy (non-hydrogen) atoms. The minimum absolute atomic E-state index is 0.0228. The van der Waals surface area contributed by atoms with Crippen LogP contribution >= 0.6 is 0 Å². The molecular weight excluding hydrogens is 318 g/mol. The van der Waals surface area contributed by atoms with Gasteiger partial charge in [-0.15, -0.1) is 0 Å². The normalized spacial score (nSPS) is 16.2. The SMILES string of the molecule is Cc1ccn2cc(C(=O)NCCCN3CCC(C(N)=O)CC3)nc2c1. The van der Waals surface area contributed by atoms with Gasteiger partial charge in [0.15, 0.2) is 0 Å². The van der Waals surface area contributed by atoms with Crippen LogP contribution in [-0.2, 0) is 4.79 Å². The lowest BCUT2D eigenvalue weighted by Gasteiger charge is -2.30. The first-order valence-corrected chi connectivity index (χ1v) is 8.78. The highest BCUT2D eigenvalue weighted by Crippen LogP contribution is 2.16. The number of carbonyl (C=O) groups is 2. The van der Waals surface area contributed by atoms with E-state index in [9.17, 15) is 9.59 Å². The van der Waals surface area contributed by atoms with E-state index in [1.807, 2.05) is 29.7 Å². The molecule has 1 aliphatic rings. The standard InChI is InChI=1S/C18H25N5O2/c1-13-3-10-23-12-15(21-16(23)11-13)18(25)20-6-2-7-22-8-4-14(5-9-22)17(19)24/h3,10-12,14H,2,4-9H2,1H3,(H2,19,24)(H,20,25). The average Bonchev–Trinajstić information content (AvgIpc) is 3.02. The van der Waals surface area contributed by atoms with E-state index >= 15 is 0 Å². The number of hydrogen-bond donors (Lipinski definition) is 2. The molecule has 0 atom stereocenters. The number of nitrogens with two attached hydrogens (primary N) is 1. The van der Waals surface area contributed by atoms with Gasteiger partial charge >= 0.3 is 0 Å². The highest BCUT2D eigenvalue weighted by atomic mass is 16.2. The van der Waals surface area contributed by atoms with E-state index in [1.165, 1.54) is 0 Å². The first-order valence-electron chi connectivity index (χ1n) is 8.78. The Kier molecular flexibility index (Phi) is 5.33. The molecule has 3 rings (SSSR count). The molecule has 1 fully saturated rings. The lowest BCUT2D eigenvalue weighted by atomic mass is 9.96. The van der Waals surface area contributed by atoms with Crippen molar-refractivity contribution in [3.63, 3.8) is 0 Å². The first kappa shape index (κ1) is 17.4. The third-order valence-electron chi connectivity index (χ3n) is 4.77. The Balaban J connectivity index is 1.41. The number of likely N-dealkylation sites (tertiary alicyclic amines) is 1. The molecule has 0 bridgehead atoms. The zero-order valence-electron chi connectivity index (χ0n) is 14.6. The van der Waals surface area contributed by atoms with Gasteiger partial charge in [0.25, 0.3) is 5.91 Å². The van der Waals surface area contributed by atoms with Crippen molar-refractivity contribution in [2.45, 2.75) is 26.2 Å². The van der Waals surface area contributed by atoms with Crippen molar-refractivity contribution in [1.82, 2.24) is 19.6 Å². The minimum atomic E-state index is -0.186. The molecule has 2 aromatic heterocycles. The van der Waals surface area contributed by atoms with E-state index in [0.29, 0.717) is 12.2 Å². The summed E-state index contributed by atoms with van der Waals surface area (Å²) in [6, 6.07) is 3.93. The summed E-state index contributed by atoms with van der Waals surface area (Å²) < 4.78 is 1.85. The van der Waals surface area contributed by atoms with Gasteiger partial charge in [0.05, 0.1) is 0 Å². The van der Waals surface area contributed by atoms with Crippen LogP contribution < -0.4 is 11.1 Å². The quantitative estimate of drug-likeness (QED) is 0.764. The van der Waals surface area contributed by atoms with E-state index in [4.69, 9.17) is 5.73 Å². The van der Waals surface area contributed by atoms with Gasteiger partial charge in [-0.25, -0.2) is 4.98 Å². The molecule has 7 heteroatoms. The van der Waals surface area contributed by atoms with Crippen LogP contribution in [-0.4, -0.2) is 52.3 Å². The van der Waals surface area contributed by atoms with E-state index in [2.05, 4.69) is 15.2 Å². The van der Waals surface area contributed by atoms with E-state index < -0.39 is 0 Å². The van der Waals surface area contributed by atoms with Crippen LogP contribution in [0.1, 0.15) is 35.3 Å². The van der Waals surface area contributed by atoms with Gasteiger partial charge in [0, 0.05) is 24.9 Å². The number of aromatic nitrogens is 2. The van der Waals surface area contributed by atoms with Crippen LogP contribution in [0.15, 0.2) is 24.5 Å². The second kappa shape index (κ2) is 7.65. The Morgan fingerprint density at radius 2 is 2.12 bits per heavy atom. The second-order valence-corrected chi connectivity index (χ2v) is 6.72. The number of rotatable bonds is 6. The number of hydrogen-bond acceptors (Lipinski definition) is 4. The molecule has 1 aliphatic heterocycles. The molecule has 7 nitrogen and oxygen atoms in total. The number of carbonyl (C=O) groups excluding carboxylic acids is 2. The molecule has 0 saturated carbocycles. The molecule has 3 N–H and O–H groups in total. The smallest absolute Gasteiger partial charge is 0.271 e. The molecule has 134 valence electrons. The Hall–Kier alpha value is -2.41. The van der Waals surface area contributed by atoms with Crippen molar-refractivity contribution in [2.24, 2.45) is 11.7 Å². The highest BCUT2D eigenvalue weighted by Gasteiger charge is 2.22. The lowest BCUT2D eigenvalue weighted by Crippen LogP contribution is -2.39. The van der Waals surface area contributed by atoms with Crippen molar-refractivity contribution in [2.75, 3.05) is 26.2 Å². The maximum atomic E-state index is 12.2.